The molecule has 1 atom stereocenters. The van der Waals surface area contributed by atoms with E-state index in [-0.39, 0.29) is 11.9 Å². The Balaban J connectivity index is 2.02. The molecule has 0 spiro atoms. The summed E-state index contributed by atoms with van der Waals surface area (Å²) in [6, 6.07) is 12.5. The number of nitro groups is 1. The van der Waals surface area contributed by atoms with Gasteiger partial charge in [0.2, 0.25) is 0 Å². The lowest BCUT2D eigenvalue weighted by molar-refractivity contribution is -0.385. The molecule has 6 heteroatoms. The molecule has 0 radical (unpaired) electrons. The molecule has 2 N–H and O–H groups in total. The van der Waals surface area contributed by atoms with Crippen LogP contribution in [0.1, 0.15) is 17.3 Å². The number of halogens is 1. The van der Waals surface area contributed by atoms with Gasteiger partial charge in [0, 0.05) is 18.3 Å². The zero-order valence-corrected chi connectivity index (χ0v) is 11.2. The first-order chi connectivity index (χ1) is 9.66. The third-order valence-electron chi connectivity index (χ3n) is 3.33. The Kier molecular flexibility index (Phi) is 3.30. The van der Waals surface area contributed by atoms with Crippen LogP contribution in [0.2, 0.25) is 5.02 Å². The van der Waals surface area contributed by atoms with E-state index in [0.717, 1.165) is 11.3 Å². The van der Waals surface area contributed by atoms with E-state index in [0.29, 0.717) is 17.1 Å². The average Bonchev–Trinajstić information content (AvgIpc) is 2.46. The van der Waals surface area contributed by atoms with Gasteiger partial charge in [-0.25, -0.2) is 0 Å². The van der Waals surface area contributed by atoms with Crippen LogP contribution >= 0.6 is 11.6 Å². The van der Waals surface area contributed by atoms with Crippen LogP contribution in [0.25, 0.3) is 0 Å². The number of nitro benzene ring substituents is 1. The van der Waals surface area contributed by atoms with Gasteiger partial charge < -0.3 is 5.32 Å². The number of para-hydroxylation sites is 1. The van der Waals surface area contributed by atoms with E-state index in [1.165, 1.54) is 6.07 Å². The number of fused-ring (bicyclic) bond motifs is 1. The summed E-state index contributed by atoms with van der Waals surface area (Å²) in [5.41, 5.74) is 2.57. The SMILES string of the molecule is O=[N+]([O-])c1cccc(Cl)c1C1NCc2ccccc2N1. The quantitative estimate of drug-likeness (QED) is 0.656. The molecule has 1 aliphatic heterocycles. The van der Waals surface area contributed by atoms with Crippen molar-refractivity contribution in [2.45, 2.75) is 12.7 Å². The first-order valence-electron chi connectivity index (χ1n) is 6.17. The maximum Gasteiger partial charge on any atom is 0.277 e. The standard InChI is InChI=1S/C14H12ClN3O2/c15-10-5-3-7-12(18(19)20)13(10)14-16-8-9-4-1-2-6-11(9)17-14/h1-7,14,16-17H,8H2. The Labute approximate surface area is 120 Å². The van der Waals surface area contributed by atoms with Crippen LogP contribution in [0.15, 0.2) is 42.5 Å². The van der Waals surface area contributed by atoms with Gasteiger partial charge in [0.25, 0.3) is 5.69 Å². The van der Waals surface area contributed by atoms with Gasteiger partial charge in [-0.1, -0.05) is 35.9 Å². The molecule has 20 heavy (non-hydrogen) atoms. The molecule has 0 fully saturated rings. The summed E-state index contributed by atoms with van der Waals surface area (Å²) in [6.45, 7) is 0.635. The van der Waals surface area contributed by atoms with E-state index in [9.17, 15) is 10.1 Å². The molecule has 0 saturated heterocycles. The van der Waals surface area contributed by atoms with Crippen LogP contribution in [-0.4, -0.2) is 4.92 Å². The molecule has 102 valence electrons. The lowest BCUT2D eigenvalue weighted by Gasteiger charge is -2.28. The van der Waals surface area contributed by atoms with Crippen LogP contribution in [-0.2, 0) is 6.54 Å². The van der Waals surface area contributed by atoms with Crippen molar-refractivity contribution in [3.63, 3.8) is 0 Å². The molecule has 0 saturated carbocycles. The number of anilines is 1. The predicted octanol–water partition coefficient (Wildman–Crippen LogP) is 3.46. The fraction of sp³-hybridized carbons (Fsp3) is 0.143. The number of benzene rings is 2. The smallest absolute Gasteiger partial charge is 0.277 e. The molecule has 1 heterocycles. The van der Waals surface area contributed by atoms with Crippen molar-refractivity contribution < 1.29 is 4.92 Å². The molecule has 0 aliphatic carbocycles. The average molecular weight is 290 g/mol. The molecule has 2 aromatic rings. The summed E-state index contributed by atoms with van der Waals surface area (Å²) in [7, 11) is 0. The molecule has 1 unspecified atom stereocenters. The lowest BCUT2D eigenvalue weighted by Crippen LogP contribution is -2.33. The fourth-order valence-corrected chi connectivity index (χ4v) is 2.66. The van der Waals surface area contributed by atoms with E-state index in [1.54, 1.807) is 12.1 Å². The summed E-state index contributed by atoms with van der Waals surface area (Å²) in [5, 5.41) is 18.0. The van der Waals surface area contributed by atoms with Crippen LogP contribution in [0.5, 0.6) is 0 Å². The summed E-state index contributed by atoms with van der Waals surface area (Å²) < 4.78 is 0. The van der Waals surface area contributed by atoms with Crippen molar-refractivity contribution in [3.8, 4) is 0 Å². The highest BCUT2D eigenvalue weighted by molar-refractivity contribution is 6.31. The summed E-state index contributed by atoms with van der Waals surface area (Å²) >= 11 is 6.15. The summed E-state index contributed by atoms with van der Waals surface area (Å²) in [6.07, 6.45) is -0.376. The Morgan fingerprint density at radius 2 is 2.00 bits per heavy atom. The van der Waals surface area contributed by atoms with Crippen LogP contribution in [0.3, 0.4) is 0 Å². The predicted molar refractivity (Wildman–Crippen MR) is 77.8 cm³/mol. The number of nitrogens with zero attached hydrogens (tertiary/aromatic N) is 1. The summed E-state index contributed by atoms with van der Waals surface area (Å²) in [4.78, 5) is 10.7. The van der Waals surface area contributed by atoms with Gasteiger partial charge >= 0.3 is 0 Å². The first-order valence-corrected chi connectivity index (χ1v) is 6.55. The van der Waals surface area contributed by atoms with Crippen LogP contribution in [0, 0.1) is 10.1 Å². The molecule has 3 rings (SSSR count). The molecule has 0 bridgehead atoms. The number of rotatable bonds is 2. The summed E-state index contributed by atoms with van der Waals surface area (Å²) in [5.74, 6) is 0. The van der Waals surface area contributed by atoms with E-state index in [1.807, 2.05) is 24.3 Å². The Morgan fingerprint density at radius 1 is 1.20 bits per heavy atom. The molecule has 1 aliphatic rings. The van der Waals surface area contributed by atoms with E-state index >= 15 is 0 Å². The van der Waals surface area contributed by atoms with Gasteiger partial charge in [-0.05, 0) is 17.7 Å². The second kappa shape index (κ2) is 5.11. The van der Waals surface area contributed by atoms with Crippen LogP contribution < -0.4 is 10.6 Å². The third-order valence-corrected chi connectivity index (χ3v) is 3.66. The van der Waals surface area contributed by atoms with E-state index in [2.05, 4.69) is 10.6 Å². The molecule has 5 nitrogen and oxygen atoms in total. The normalized spacial score (nSPS) is 17.1. The Morgan fingerprint density at radius 3 is 2.80 bits per heavy atom. The molecule has 0 aromatic heterocycles. The number of hydrogen-bond acceptors (Lipinski definition) is 4. The van der Waals surface area contributed by atoms with Crippen molar-refractivity contribution in [3.05, 3.63) is 68.7 Å². The number of nitrogens with one attached hydrogen (secondary N) is 2. The monoisotopic (exact) mass is 289 g/mol. The van der Waals surface area contributed by atoms with Crippen molar-refractivity contribution in [1.82, 2.24) is 5.32 Å². The van der Waals surface area contributed by atoms with Gasteiger partial charge in [-0.2, -0.15) is 0 Å². The highest BCUT2D eigenvalue weighted by Gasteiger charge is 2.27. The van der Waals surface area contributed by atoms with Gasteiger partial charge in [-0.3, -0.25) is 15.4 Å². The molecule has 0 amide bonds. The third kappa shape index (κ3) is 2.21. The van der Waals surface area contributed by atoms with Gasteiger partial charge in [0.05, 0.1) is 15.5 Å². The lowest BCUT2D eigenvalue weighted by atomic mass is 10.0. The van der Waals surface area contributed by atoms with Crippen molar-refractivity contribution >= 4 is 23.0 Å². The highest BCUT2D eigenvalue weighted by atomic mass is 35.5. The second-order valence-corrected chi connectivity index (χ2v) is 4.95. The number of hydrogen-bond donors (Lipinski definition) is 2. The highest BCUT2D eigenvalue weighted by Crippen LogP contribution is 2.35. The van der Waals surface area contributed by atoms with E-state index in [4.69, 9.17) is 11.6 Å². The topological polar surface area (TPSA) is 67.2 Å². The largest absolute Gasteiger partial charge is 0.365 e. The minimum atomic E-state index is -0.412. The van der Waals surface area contributed by atoms with Crippen molar-refractivity contribution in [1.29, 1.82) is 0 Å². The molecule has 2 aromatic carbocycles. The first kappa shape index (κ1) is 12.9. The Bertz CT molecular complexity index is 675. The van der Waals surface area contributed by atoms with Gasteiger partial charge in [0.15, 0.2) is 0 Å². The molecular formula is C14H12ClN3O2. The van der Waals surface area contributed by atoms with Crippen molar-refractivity contribution in [2.24, 2.45) is 0 Å². The van der Waals surface area contributed by atoms with Gasteiger partial charge in [-0.15, -0.1) is 0 Å². The zero-order valence-electron chi connectivity index (χ0n) is 10.5. The van der Waals surface area contributed by atoms with Crippen molar-refractivity contribution in [2.75, 3.05) is 5.32 Å². The van der Waals surface area contributed by atoms with Crippen LogP contribution in [0.4, 0.5) is 11.4 Å². The fourth-order valence-electron chi connectivity index (χ4n) is 2.38. The van der Waals surface area contributed by atoms with Gasteiger partial charge in [0.1, 0.15) is 6.17 Å². The minimum Gasteiger partial charge on any atom is -0.365 e. The second-order valence-electron chi connectivity index (χ2n) is 4.55. The van der Waals surface area contributed by atoms with E-state index < -0.39 is 4.92 Å². The maximum absolute atomic E-state index is 11.2. The minimum absolute atomic E-state index is 0.0156. The zero-order chi connectivity index (χ0) is 14.1. The maximum atomic E-state index is 11.2. The Hall–Kier alpha value is -2.11. The molecular weight excluding hydrogens is 278 g/mol.